The first kappa shape index (κ1) is 25.1. The van der Waals surface area contributed by atoms with Gasteiger partial charge in [0, 0.05) is 18.4 Å². The Balaban J connectivity index is 1.26. The first-order valence-corrected chi connectivity index (χ1v) is 12.2. The SMILES string of the molecule is O=C(Nc1ccc(Oc2ccc(F)cc2)cc1)C1C[C@@H](Cc2ccc(F)cc2)CN1C(=O)Cn1ccnn1. The number of nitrogens with one attached hydrogen (secondary N) is 1. The van der Waals surface area contributed by atoms with Crippen molar-refractivity contribution in [1.29, 1.82) is 0 Å². The number of anilines is 1. The van der Waals surface area contributed by atoms with Gasteiger partial charge in [-0.15, -0.1) is 5.10 Å². The van der Waals surface area contributed by atoms with Crippen molar-refractivity contribution in [2.75, 3.05) is 11.9 Å². The zero-order valence-corrected chi connectivity index (χ0v) is 20.3. The molecule has 5 rings (SSSR count). The van der Waals surface area contributed by atoms with E-state index >= 15 is 0 Å². The van der Waals surface area contributed by atoms with Crippen LogP contribution in [0.15, 0.2) is 85.2 Å². The molecule has 2 atom stereocenters. The Morgan fingerprint density at radius 2 is 1.55 bits per heavy atom. The van der Waals surface area contributed by atoms with E-state index in [1.165, 1.54) is 47.3 Å². The molecular formula is C28H25F2N5O3. The van der Waals surface area contributed by atoms with Crippen LogP contribution in [0, 0.1) is 17.6 Å². The number of carbonyl (C=O) groups excluding carboxylic acids is 2. The molecular weight excluding hydrogens is 492 g/mol. The average molecular weight is 518 g/mol. The summed E-state index contributed by atoms with van der Waals surface area (Å²) in [5.74, 6) is -0.150. The number of ether oxygens (including phenoxy) is 1. The molecule has 0 aliphatic carbocycles. The van der Waals surface area contributed by atoms with Crippen molar-refractivity contribution in [3.05, 3.63) is 102 Å². The van der Waals surface area contributed by atoms with Crippen LogP contribution < -0.4 is 10.1 Å². The molecule has 1 saturated heterocycles. The van der Waals surface area contributed by atoms with Crippen LogP contribution in [-0.4, -0.2) is 44.3 Å². The second-order valence-electron chi connectivity index (χ2n) is 9.16. The van der Waals surface area contributed by atoms with E-state index in [4.69, 9.17) is 4.74 Å². The maximum Gasteiger partial charge on any atom is 0.247 e. The van der Waals surface area contributed by atoms with Gasteiger partial charge < -0.3 is 15.0 Å². The van der Waals surface area contributed by atoms with E-state index in [1.54, 1.807) is 47.5 Å². The quantitative estimate of drug-likeness (QED) is 0.373. The topological polar surface area (TPSA) is 89.4 Å². The van der Waals surface area contributed by atoms with Gasteiger partial charge in [0.2, 0.25) is 11.8 Å². The highest BCUT2D eigenvalue weighted by Crippen LogP contribution is 2.29. The zero-order chi connectivity index (χ0) is 26.5. The summed E-state index contributed by atoms with van der Waals surface area (Å²) in [5.41, 5.74) is 1.49. The van der Waals surface area contributed by atoms with E-state index in [1.807, 2.05) is 0 Å². The summed E-state index contributed by atoms with van der Waals surface area (Å²) in [6.45, 7) is 0.371. The molecule has 0 saturated carbocycles. The highest BCUT2D eigenvalue weighted by Gasteiger charge is 2.39. The lowest BCUT2D eigenvalue weighted by Gasteiger charge is -2.24. The fourth-order valence-corrected chi connectivity index (χ4v) is 4.57. The molecule has 38 heavy (non-hydrogen) atoms. The van der Waals surface area contributed by atoms with Crippen LogP contribution in [0.4, 0.5) is 14.5 Å². The number of halogens is 2. The van der Waals surface area contributed by atoms with E-state index in [2.05, 4.69) is 15.6 Å². The van der Waals surface area contributed by atoms with E-state index in [9.17, 15) is 18.4 Å². The highest BCUT2D eigenvalue weighted by atomic mass is 19.1. The molecule has 1 aromatic heterocycles. The Kier molecular flexibility index (Phi) is 7.39. The Morgan fingerprint density at radius 1 is 0.921 bits per heavy atom. The number of likely N-dealkylation sites (tertiary alicyclic amines) is 1. The summed E-state index contributed by atoms with van der Waals surface area (Å²) in [6, 6.07) is 18.0. The third-order valence-corrected chi connectivity index (χ3v) is 6.39. The molecule has 0 bridgehead atoms. The van der Waals surface area contributed by atoms with Gasteiger partial charge in [-0.3, -0.25) is 9.59 Å². The Hall–Kier alpha value is -4.60. The minimum Gasteiger partial charge on any atom is -0.457 e. The Morgan fingerprint density at radius 3 is 2.18 bits per heavy atom. The van der Waals surface area contributed by atoms with Crippen LogP contribution in [-0.2, 0) is 22.6 Å². The van der Waals surface area contributed by atoms with Crippen molar-refractivity contribution in [2.24, 2.45) is 5.92 Å². The Labute approximate surface area is 217 Å². The fourth-order valence-electron chi connectivity index (χ4n) is 4.57. The lowest BCUT2D eigenvalue weighted by molar-refractivity contribution is -0.137. The predicted molar refractivity (Wildman–Crippen MR) is 135 cm³/mol. The van der Waals surface area contributed by atoms with Crippen LogP contribution in [0.2, 0.25) is 0 Å². The highest BCUT2D eigenvalue weighted by molar-refractivity contribution is 5.97. The number of aromatic nitrogens is 3. The molecule has 0 radical (unpaired) electrons. The van der Waals surface area contributed by atoms with Crippen LogP contribution >= 0.6 is 0 Å². The lowest BCUT2D eigenvalue weighted by Crippen LogP contribution is -2.44. The molecule has 1 unspecified atom stereocenters. The number of nitrogens with zero attached hydrogens (tertiary/aromatic N) is 4. The first-order valence-electron chi connectivity index (χ1n) is 12.2. The number of hydrogen-bond donors (Lipinski definition) is 1. The summed E-state index contributed by atoms with van der Waals surface area (Å²) >= 11 is 0. The van der Waals surface area contributed by atoms with Gasteiger partial charge in [-0.25, -0.2) is 13.5 Å². The number of rotatable bonds is 8. The molecule has 4 aromatic rings. The fraction of sp³-hybridized carbons (Fsp3) is 0.214. The minimum atomic E-state index is -0.674. The largest absolute Gasteiger partial charge is 0.457 e. The van der Waals surface area contributed by atoms with Gasteiger partial charge in [0.05, 0.1) is 6.20 Å². The third kappa shape index (κ3) is 6.20. The maximum atomic E-state index is 13.3. The summed E-state index contributed by atoms with van der Waals surface area (Å²) < 4.78 is 33.6. The second kappa shape index (κ2) is 11.2. The molecule has 1 aliphatic heterocycles. The first-order chi connectivity index (χ1) is 18.4. The summed E-state index contributed by atoms with van der Waals surface area (Å²) in [6.07, 6.45) is 4.17. The number of carbonyl (C=O) groups is 2. The number of amides is 2. The van der Waals surface area contributed by atoms with Crippen molar-refractivity contribution < 1.29 is 23.1 Å². The van der Waals surface area contributed by atoms with Gasteiger partial charge >= 0.3 is 0 Å². The van der Waals surface area contributed by atoms with E-state index < -0.39 is 6.04 Å². The number of hydrogen-bond acceptors (Lipinski definition) is 5. The number of benzene rings is 3. The molecule has 1 N–H and O–H groups in total. The molecule has 1 fully saturated rings. The standard InChI is InChI=1S/C28H25F2N5O3/c29-21-3-1-19(2-4-21)15-20-16-26(35(17-20)27(36)18-34-14-13-31-33-34)28(37)32-23-7-11-25(12-8-23)38-24-9-5-22(30)6-10-24/h1-14,20,26H,15-18H2,(H,32,37)/t20-,26?/m1/s1. The molecule has 3 aromatic carbocycles. The lowest BCUT2D eigenvalue weighted by atomic mass is 9.96. The van der Waals surface area contributed by atoms with Gasteiger partial charge in [0.15, 0.2) is 0 Å². The minimum absolute atomic E-state index is 0.0253. The van der Waals surface area contributed by atoms with Gasteiger partial charge in [0.25, 0.3) is 0 Å². The predicted octanol–water partition coefficient (Wildman–Crippen LogP) is 4.45. The summed E-state index contributed by atoms with van der Waals surface area (Å²) in [4.78, 5) is 28.0. The van der Waals surface area contributed by atoms with Crippen molar-refractivity contribution in [1.82, 2.24) is 19.9 Å². The normalized spacial score (nSPS) is 16.8. The van der Waals surface area contributed by atoms with E-state index in [0.717, 1.165) is 5.56 Å². The molecule has 2 heterocycles. The maximum absolute atomic E-state index is 13.3. The van der Waals surface area contributed by atoms with Gasteiger partial charge in [-0.1, -0.05) is 17.3 Å². The van der Waals surface area contributed by atoms with E-state index in [0.29, 0.717) is 36.6 Å². The third-order valence-electron chi connectivity index (χ3n) is 6.39. The molecule has 10 heteroatoms. The molecule has 194 valence electrons. The van der Waals surface area contributed by atoms with Gasteiger partial charge in [-0.2, -0.15) is 0 Å². The van der Waals surface area contributed by atoms with Crippen molar-refractivity contribution in [3.63, 3.8) is 0 Å². The summed E-state index contributed by atoms with van der Waals surface area (Å²) in [7, 11) is 0. The molecule has 8 nitrogen and oxygen atoms in total. The summed E-state index contributed by atoms with van der Waals surface area (Å²) in [5, 5.41) is 10.5. The van der Waals surface area contributed by atoms with Gasteiger partial charge in [-0.05, 0) is 85.0 Å². The monoisotopic (exact) mass is 517 g/mol. The molecule has 0 spiro atoms. The van der Waals surface area contributed by atoms with E-state index in [-0.39, 0.29) is 35.9 Å². The second-order valence-corrected chi connectivity index (χ2v) is 9.16. The van der Waals surface area contributed by atoms with Crippen molar-refractivity contribution in [3.8, 4) is 11.5 Å². The smallest absolute Gasteiger partial charge is 0.247 e. The van der Waals surface area contributed by atoms with Crippen LogP contribution in [0.5, 0.6) is 11.5 Å². The van der Waals surface area contributed by atoms with Crippen molar-refractivity contribution >= 4 is 17.5 Å². The van der Waals surface area contributed by atoms with Crippen LogP contribution in [0.1, 0.15) is 12.0 Å². The zero-order valence-electron chi connectivity index (χ0n) is 20.3. The van der Waals surface area contributed by atoms with Crippen molar-refractivity contribution in [2.45, 2.75) is 25.4 Å². The van der Waals surface area contributed by atoms with Crippen LogP contribution in [0.25, 0.3) is 0 Å². The molecule has 2 amide bonds. The van der Waals surface area contributed by atoms with Crippen LogP contribution in [0.3, 0.4) is 0 Å². The average Bonchev–Trinajstić information content (AvgIpc) is 3.58. The van der Waals surface area contributed by atoms with Gasteiger partial charge in [0.1, 0.15) is 35.7 Å². The Bertz CT molecular complexity index is 1380. The molecule has 1 aliphatic rings.